The molecule has 0 amide bonds. The van der Waals surface area contributed by atoms with Gasteiger partial charge in [0.15, 0.2) is 0 Å². The van der Waals surface area contributed by atoms with E-state index in [0.29, 0.717) is 12.1 Å². The van der Waals surface area contributed by atoms with E-state index in [4.69, 9.17) is 5.11 Å². The second-order valence-corrected chi connectivity index (χ2v) is 4.01. The number of carboxylic acids is 1. The van der Waals surface area contributed by atoms with E-state index in [1.807, 2.05) is 35.9 Å². The maximum atomic E-state index is 10.5. The molecule has 2 rings (SSSR count). The predicted molar refractivity (Wildman–Crippen MR) is 67.0 cm³/mol. The van der Waals surface area contributed by atoms with Crippen molar-refractivity contribution in [2.24, 2.45) is 7.05 Å². The molecular weight excluding hydrogens is 230 g/mol. The Labute approximate surface area is 104 Å². The molecule has 2 N–H and O–H groups in total. The highest BCUT2D eigenvalue weighted by molar-refractivity contribution is 5.88. The van der Waals surface area contributed by atoms with E-state index in [1.165, 1.54) is 0 Å². The molecule has 1 aromatic carbocycles. The minimum atomic E-state index is -0.910. The molecule has 0 atom stereocenters. The normalized spacial score (nSPS) is 10.4. The molecule has 92 valence electrons. The van der Waals surface area contributed by atoms with Gasteiger partial charge in [-0.25, -0.2) is 0 Å². The molecule has 18 heavy (non-hydrogen) atoms. The van der Waals surface area contributed by atoms with Crippen LogP contribution >= 0.6 is 0 Å². The monoisotopic (exact) mass is 243 g/mol. The van der Waals surface area contributed by atoms with Crippen LogP contribution in [0.15, 0.2) is 24.3 Å². The molecule has 0 radical (unpaired) electrons. The van der Waals surface area contributed by atoms with E-state index in [2.05, 4.69) is 11.4 Å². The van der Waals surface area contributed by atoms with Gasteiger partial charge in [0.1, 0.15) is 6.07 Å². The van der Waals surface area contributed by atoms with Gasteiger partial charge in [-0.2, -0.15) is 5.26 Å². The van der Waals surface area contributed by atoms with Gasteiger partial charge in [0.25, 0.3) is 0 Å². The molecule has 0 aliphatic rings. The Hall–Kier alpha value is -2.32. The first-order valence-electron chi connectivity index (χ1n) is 5.54. The molecule has 1 heterocycles. The molecule has 0 unspecified atom stereocenters. The van der Waals surface area contributed by atoms with E-state index in [0.717, 1.165) is 16.6 Å². The van der Waals surface area contributed by atoms with Crippen LogP contribution in [0.25, 0.3) is 10.9 Å². The van der Waals surface area contributed by atoms with Crippen molar-refractivity contribution in [3.05, 3.63) is 35.5 Å². The number of aromatic nitrogens is 1. The van der Waals surface area contributed by atoms with Crippen molar-refractivity contribution in [1.29, 1.82) is 5.26 Å². The van der Waals surface area contributed by atoms with E-state index in [-0.39, 0.29) is 6.54 Å². The average Bonchev–Trinajstić information content (AvgIpc) is 2.63. The van der Waals surface area contributed by atoms with Gasteiger partial charge < -0.3 is 15.0 Å². The fourth-order valence-electron chi connectivity index (χ4n) is 2.07. The predicted octanol–water partition coefficient (Wildman–Crippen LogP) is 1.22. The third-order valence-electron chi connectivity index (χ3n) is 2.91. The molecule has 0 fully saturated rings. The lowest BCUT2D eigenvalue weighted by Crippen LogP contribution is -2.23. The summed E-state index contributed by atoms with van der Waals surface area (Å²) in [6, 6.07) is 9.83. The summed E-state index contributed by atoms with van der Waals surface area (Å²) in [5, 5.41) is 21.5. The van der Waals surface area contributed by atoms with Crippen molar-refractivity contribution < 1.29 is 9.90 Å². The second-order valence-electron chi connectivity index (χ2n) is 4.01. The Morgan fingerprint density at radius 1 is 1.50 bits per heavy atom. The maximum absolute atomic E-state index is 10.5. The maximum Gasteiger partial charge on any atom is 0.317 e. The molecule has 2 aromatic rings. The smallest absolute Gasteiger partial charge is 0.317 e. The van der Waals surface area contributed by atoms with Crippen molar-refractivity contribution in [3.8, 4) is 6.07 Å². The first kappa shape index (κ1) is 12.1. The van der Waals surface area contributed by atoms with E-state index >= 15 is 0 Å². The zero-order valence-corrected chi connectivity index (χ0v) is 9.97. The van der Waals surface area contributed by atoms with Gasteiger partial charge in [-0.05, 0) is 6.07 Å². The summed E-state index contributed by atoms with van der Waals surface area (Å²) in [7, 11) is 1.88. The SMILES string of the molecule is Cn1c(CNCC(=O)O)c(C#N)c2ccccc21. The Kier molecular flexibility index (Phi) is 3.31. The van der Waals surface area contributed by atoms with Crippen molar-refractivity contribution >= 4 is 16.9 Å². The van der Waals surface area contributed by atoms with Crippen LogP contribution in [0, 0.1) is 11.3 Å². The zero-order chi connectivity index (χ0) is 13.1. The van der Waals surface area contributed by atoms with Gasteiger partial charge in [-0.3, -0.25) is 4.79 Å². The van der Waals surface area contributed by atoms with Gasteiger partial charge >= 0.3 is 5.97 Å². The lowest BCUT2D eigenvalue weighted by Gasteiger charge is -2.05. The number of rotatable bonds is 4. The highest BCUT2D eigenvalue weighted by atomic mass is 16.4. The lowest BCUT2D eigenvalue weighted by molar-refractivity contribution is -0.136. The first-order chi connectivity index (χ1) is 8.65. The van der Waals surface area contributed by atoms with Crippen molar-refractivity contribution in [2.75, 3.05) is 6.54 Å². The highest BCUT2D eigenvalue weighted by Crippen LogP contribution is 2.24. The summed E-state index contributed by atoms with van der Waals surface area (Å²) in [5.74, 6) is -0.910. The Bertz CT molecular complexity index is 637. The van der Waals surface area contributed by atoms with Gasteiger partial charge in [-0.15, -0.1) is 0 Å². The molecule has 0 saturated heterocycles. The molecule has 1 aromatic heterocycles. The number of benzene rings is 1. The fraction of sp³-hybridized carbons (Fsp3) is 0.231. The minimum Gasteiger partial charge on any atom is -0.480 e. The summed E-state index contributed by atoms with van der Waals surface area (Å²) >= 11 is 0. The molecule has 0 spiro atoms. The largest absolute Gasteiger partial charge is 0.480 e. The van der Waals surface area contributed by atoms with Crippen molar-refractivity contribution in [1.82, 2.24) is 9.88 Å². The summed E-state index contributed by atoms with van der Waals surface area (Å²) in [6.45, 7) is 0.243. The number of hydrogen-bond donors (Lipinski definition) is 2. The number of hydrogen-bond acceptors (Lipinski definition) is 3. The van der Waals surface area contributed by atoms with Crippen molar-refractivity contribution in [2.45, 2.75) is 6.54 Å². The topological polar surface area (TPSA) is 78.1 Å². The molecule has 0 aliphatic carbocycles. The van der Waals surface area contributed by atoms with Crippen LogP contribution in [-0.2, 0) is 18.4 Å². The van der Waals surface area contributed by atoms with Crippen LogP contribution in [0.5, 0.6) is 0 Å². The number of carboxylic acid groups (broad SMARTS) is 1. The van der Waals surface area contributed by atoms with Gasteiger partial charge in [0, 0.05) is 24.5 Å². The van der Waals surface area contributed by atoms with Gasteiger partial charge in [0.2, 0.25) is 0 Å². The van der Waals surface area contributed by atoms with Gasteiger partial charge in [-0.1, -0.05) is 18.2 Å². The Balaban J connectivity index is 2.40. The number of nitrogens with zero attached hydrogens (tertiary/aromatic N) is 2. The summed E-state index contributed by atoms with van der Waals surface area (Å²) in [6.07, 6.45) is 0. The Morgan fingerprint density at radius 2 is 2.22 bits per heavy atom. The average molecular weight is 243 g/mol. The second kappa shape index (κ2) is 4.90. The minimum absolute atomic E-state index is 0.119. The molecule has 0 aliphatic heterocycles. The quantitative estimate of drug-likeness (QED) is 0.846. The van der Waals surface area contributed by atoms with E-state index in [1.54, 1.807) is 0 Å². The van der Waals surface area contributed by atoms with Crippen LogP contribution in [-0.4, -0.2) is 22.2 Å². The zero-order valence-electron chi connectivity index (χ0n) is 9.97. The Morgan fingerprint density at radius 3 is 2.89 bits per heavy atom. The van der Waals surface area contributed by atoms with E-state index < -0.39 is 5.97 Å². The first-order valence-corrected chi connectivity index (χ1v) is 5.54. The highest BCUT2D eigenvalue weighted by Gasteiger charge is 2.14. The molecule has 0 bridgehead atoms. The number of para-hydroxylation sites is 1. The third kappa shape index (κ3) is 2.06. The number of nitrogens with one attached hydrogen (secondary N) is 1. The molecule has 5 nitrogen and oxygen atoms in total. The van der Waals surface area contributed by atoms with Crippen LogP contribution in [0.1, 0.15) is 11.3 Å². The van der Waals surface area contributed by atoms with Crippen LogP contribution in [0.3, 0.4) is 0 Å². The number of fused-ring (bicyclic) bond motifs is 1. The lowest BCUT2D eigenvalue weighted by atomic mass is 10.1. The van der Waals surface area contributed by atoms with Crippen LogP contribution < -0.4 is 5.32 Å². The summed E-state index contributed by atoms with van der Waals surface area (Å²) in [4.78, 5) is 10.5. The van der Waals surface area contributed by atoms with Crippen LogP contribution in [0.2, 0.25) is 0 Å². The van der Waals surface area contributed by atoms with Crippen LogP contribution in [0.4, 0.5) is 0 Å². The molecular formula is C13H13N3O2. The summed E-state index contributed by atoms with van der Waals surface area (Å²) < 4.78 is 1.92. The number of nitriles is 1. The molecule has 5 heteroatoms. The van der Waals surface area contributed by atoms with Crippen molar-refractivity contribution in [3.63, 3.8) is 0 Å². The van der Waals surface area contributed by atoms with E-state index in [9.17, 15) is 10.1 Å². The third-order valence-corrected chi connectivity index (χ3v) is 2.91. The number of carbonyl (C=O) groups is 1. The van der Waals surface area contributed by atoms with Gasteiger partial charge in [0.05, 0.1) is 17.8 Å². The molecule has 0 saturated carbocycles. The summed E-state index contributed by atoms with van der Waals surface area (Å²) in [5.41, 5.74) is 2.38. The number of aliphatic carboxylic acids is 1. The number of aryl methyl sites for hydroxylation is 1. The fourth-order valence-corrected chi connectivity index (χ4v) is 2.07. The standard InChI is InChI=1S/C13H13N3O2/c1-16-11-5-3-2-4-9(11)10(6-14)12(16)7-15-8-13(17)18/h2-5,15H,7-8H2,1H3,(H,17,18).